The van der Waals surface area contributed by atoms with E-state index in [1.54, 1.807) is 12.2 Å². The van der Waals surface area contributed by atoms with E-state index in [0.717, 1.165) is 6.42 Å². The van der Waals surface area contributed by atoms with Crippen molar-refractivity contribution in [2.24, 2.45) is 5.92 Å². The van der Waals surface area contributed by atoms with E-state index in [1.165, 1.54) is 0 Å². The molecule has 6 nitrogen and oxygen atoms in total. The van der Waals surface area contributed by atoms with Crippen LogP contribution >= 0.6 is 0 Å². The number of hydrogen-bond acceptors (Lipinski definition) is 5. The van der Waals surface area contributed by atoms with E-state index >= 15 is 0 Å². The predicted octanol–water partition coefficient (Wildman–Crippen LogP) is 2.75. The monoisotopic (exact) mass is 366 g/mol. The fourth-order valence-electron chi connectivity index (χ4n) is 2.76. The average Bonchev–Trinajstić information content (AvgIpc) is 2.57. The second-order valence-corrected chi connectivity index (χ2v) is 6.45. The molecule has 1 aliphatic heterocycles. The van der Waals surface area contributed by atoms with Gasteiger partial charge in [0, 0.05) is 12.3 Å². The molecule has 0 radical (unpaired) electrons. The van der Waals surface area contributed by atoms with E-state index in [4.69, 9.17) is 9.84 Å². The van der Waals surface area contributed by atoms with Crippen molar-refractivity contribution in [1.82, 2.24) is 0 Å². The Labute approximate surface area is 154 Å². The lowest BCUT2D eigenvalue weighted by Gasteiger charge is -2.32. The number of aliphatic hydroxyl groups is 2. The molecule has 0 unspecified atom stereocenters. The molecule has 1 fully saturated rings. The van der Waals surface area contributed by atoms with Gasteiger partial charge < -0.3 is 20.1 Å². The van der Waals surface area contributed by atoms with Gasteiger partial charge in [0.2, 0.25) is 0 Å². The first-order chi connectivity index (χ1) is 12.4. The highest BCUT2D eigenvalue weighted by molar-refractivity contribution is 5.71. The Morgan fingerprint density at radius 1 is 1.31 bits per heavy atom. The zero-order chi connectivity index (χ0) is 19.4. The SMILES string of the molecule is CC/C=C/C[C@H](O)/C=C\[C@H]1OC(=O)C[C@H](O)[C@@H]1C/C=C\CCCC(=O)O. The summed E-state index contributed by atoms with van der Waals surface area (Å²) in [5, 5.41) is 28.7. The third kappa shape index (κ3) is 8.97. The summed E-state index contributed by atoms with van der Waals surface area (Å²) in [5.74, 6) is -1.54. The van der Waals surface area contributed by atoms with Gasteiger partial charge in [-0.1, -0.05) is 37.3 Å². The number of esters is 1. The summed E-state index contributed by atoms with van der Waals surface area (Å²) in [6.45, 7) is 2.02. The lowest BCUT2D eigenvalue weighted by Crippen LogP contribution is -2.41. The standard InChI is InChI=1S/C20H30O6/c1-2-3-6-9-15(21)12-13-18-16(17(22)14-20(25)26-18)10-7-4-5-8-11-19(23)24/h3-4,6-7,12-13,15-18,21-22H,2,5,8-11,14H2,1H3,(H,23,24)/b6-3+,7-4-,13-12-/t15-,16-,17-,18+/m0/s1. The molecule has 0 aromatic heterocycles. The number of rotatable bonds is 11. The molecular weight excluding hydrogens is 336 g/mol. The van der Waals surface area contributed by atoms with Crippen molar-refractivity contribution in [3.8, 4) is 0 Å². The lowest BCUT2D eigenvalue weighted by atomic mass is 9.87. The third-order valence-electron chi connectivity index (χ3n) is 4.20. The maximum atomic E-state index is 11.6. The van der Waals surface area contributed by atoms with Gasteiger partial charge in [0.15, 0.2) is 0 Å². The molecule has 0 aliphatic carbocycles. The Morgan fingerprint density at radius 2 is 2.08 bits per heavy atom. The Bertz CT molecular complexity index is 522. The van der Waals surface area contributed by atoms with Crippen LogP contribution in [-0.4, -0.2) is 45.6 Å². The number of carbonyl (C=O) groups excluding carboxylic acids is 1. The van der Waals surface area contributed by atoms with Gasteiger partial charge in [0.05, 0.1) is 18.6 Å². The molecule has 1 saturated heterocycles. The molecule has 0 saturated carbocycles. The minimum Gasteiger partial charge on any atom is -0.481 e. The zero-order valence-electron chi connectivity index (χ0n) is 15.3. The van der Waals surface area contributed by atoms with Gasteiger partial charge in [-0.25, -0.2) is 0 Å². The topological polar surface area (TPSA) is 104 Å². The number of aliphatic carboxylic acids is 1. The van der Waals surface area contributed by atoms with Crippen molar-refractivity contribution in [3.05, 3.63) is 36.5 Å². The van der Waals surface area contributed by atoms with Gasteiger partial charge in [-0.05, 0) is 38.2 Å². The van der Waals surface area contributed by atoms with Crippen LogP contribution in [0.1, 0.15) is 51.9 Å². The second-order valence-electron chi connectivity index (χ2n) is 6.45. The van der Waals surface area contributed by atoms with Gasteiger partial charge in [-0.2, -0.15) is 0 Å². The average molecular weight is 366 g/mol. The molecule has 6 heteroatoms. The first-order valence-corrected chi connectivity index (χ1v) is 9.19. The van der Waals surface area contributed by atoms with E-state index in [2.05, 4.69) is 0 Å². The number of carbonyl (C=O) groups is 2. The number of unbranched alkanes of at least 4 members (excludes halogenated alkanes) is 1. The molecule has 26 heavy (non-hydrogen) atoms. The molecule has 3 N–H and O–H groups in total. The summed E-state index contributed by atoms with van der Waals surface area (Å²) in [6, 6.07) is 0. The van der Waals surface area contributed by atoms with Gasteiger partial charge in [0.25, 0.3) is 0 Å². The maximum absolute atomic E-state index is 11.6. The van der Waals surface area contributed by atoms with Crippen LogP contribution in [0, 0.1) is 5.92 Å². The van der Waals surface area contributed by atoms with Crippen LogP contribution in [-0.2, 0) is 14.3 Å². The fourth-order valence-corrected chi connectivity index (χ4v) is 2.76. The number of ether oxygens (including phenoxy) is 1. The van der Waals surface area contributed by atoms with Crippen LogP contribution in [0.25, 0.3) is 0 Å². The van der Waals surface area contributed by atoms with Crippen LogP contribution in [0.15, 0.2) is 36.5 Å². The number of allylic oxidation sites excluding steroid dienone is 3. The Kier molecular flexibility index (Phi) is 10.6. The molecule has 0 spiro atoms. The quantitative estimate of drug-likeness (QED) is 0.295. The van der Waals surface area contributed by atoms with Crippen molar-refractivity contribution in [2.45, 2.75) is 70.2 Å². The second kappa shape index (κ2) is 12.4. The van der Waals surface area contributed by atoms with Crippen LogP contribution in [0.4, 0.5) is 0 Å². The number of hydrogen-bond donors (Lipinski definition) is 3. The summed E-state index contributed by atoms with van der Waals surface area (Å²) in [6.07, 6.45) is 12.1. The van der Waals surface area contributed by atoms with E-state index in [-0.39, 0.29) is 18.8 Å². The zero-order valence-corrected chi connectivity index (χ0v) is 15.3. The van der Waals surface area contributed by atoms with Crippen molar-refractivity contribution in [3.63, 3.8) is 0 Å². The minimum absolute atomic E-state index is 0.0380. The van der Waals surface area contributed by atoms with Crippen LogP contribution in [0.2, 0.25) is 0 Å². The lowest BCUT2D eigenvalue weighted by molar-refractivity contribution is -0.163. The molecule has 1 heterocycles. The first kappa shape index (κ1) is 22.1. The van der Waals surface area contributed by atoms with Gasteiger partial charge in [0.1, 0.15) is 6.10 Å². The highest BCUT2D eigenvalue weighted by atomic mass is 16.5. The molecule has 146 valence electrons. The number of aliphatic hydroxyl groups excluding tert-OH is 2. The number of cyclic esters (lactones) is 1. The fraction of sp³-hybridized carbons (Fsp3) is 0.600. The molecule has 1 rings (SSSR count). The van der Waals surface area contributed by atoms with E-state index < -0.39 is 30.3 Å². The largest absolute Gasteiger partial charge is 0.481 e. The van der Waals surface area contributed by atoms with Crippen molar-refractivity contribution >= 4 is 11.9 Å². The highest BCUT2D eigenvalue weighted by Gasteiger charge is 2.35. The number of carboxylic acids is 1. The van der Waals surface area contributed by atoms with Crippen molar-refractivity contribution in [2.75, 3.05) is 0 Å². The van der Waals surface area contributed by atoms with Crippen molar-refractivity contribution in [1.29, 1.82) is 0 Å². The molecular formula is C20H30O6. The molecule has 0 amide bonds. The highest BCUT2D eigenvalue weighted by Crippen LogP contribution is 2.27. The molecule has 0 aromatic carbocycles. The maximum Gasteiger partial charge on any atom is 0.309 e. The Morgan fingerprint density at radius 3 is 2.77 bits per heavy atom. The van der Waals surface area contributed by atoms with Crippen LogP contribution < -0.4 is 0 Å². The predicted molar refractivity (Wildman–Crippen MR) is 98.4 cm³/mol. The molecule has 0 aromatic rings. The minimum atomic E-state index is -0.814. The van der Waals surface area contributed by atoms with Crippen LogP contribution in [0.5, 0.6) is 0 Å². The van der Waals surface area contributed by atoms with Crippen molar-refractivity contribution < 1.29 is 29.6 Å². The third-order valence-corrected chi connectivity index (χ3v) is 4.20. The summed E-state index contributed by atoms with van der Waals surface area (Å²) in [7, 11) is 0. The molecule has 1 aliphatic rings. The van der Waals surface area contributed by atoms with E-state index in [1.807, 2.05) is 31.2 Å². The first-order valence-electron chi connectivity index (χ1n) is 9.19. The summed E-state index contributed by atoms with van der Waals surface area (Å²) in [5.41, 5.74) is 0. The van der Waals surface area contributed by atoms with Gasteiger partial charge in [-0.15, -0.1) is 0 Å². The summed E-state index contributed by atoms with van der Waals surface area (Å²) < 4.78 is 5.33. The smallest absolute Gasteiger partial charge is 0.309 e. The normalized spacial score (nSPS) is 25.2. The van der Waals surface area contributed by atoms with E-state index in [9.17, 15) is 19.8 Å². The van der Waals surface area contributed by atoms with E-state index in [0.29, 0.717) is 25.7 Å². The van der Waals surface area contributed by atoms with Gasteiger partial charge >= 0.3 is 11.9 Å². The summed E-state index contributed by atoms with van der Waals surface area (Å²) in [4.78, 5) is 22.1. The number of carboxylic acid groups (broad SMARTS) is 1. The van der Waals surface area contributed by atoms with Crippen LogP contribution in [0.3, 0.4) is 0 Å². The molecule has 4 atom stereocenters. The molecule has 0 bridgehead atoms. The summed E-state index contributed by atoms with van der Waals surface area (Å²) >= 11 is 0. The Hall–Kier alpha value is -1.92. The Balaban J connectivity index is 2.58. The van der Waals surface area contributed by atoms with Gasteiger partial charge in [-0.3, -0.25) is 9.59 Å².